The molecule has 0 radical (unpaired) electrons. The lowest BCUT2D eigenvalue weighted by atomic mass is 9.86. The molecule has 4 rings (SSSR count). The largest absolute Gasteiger partial charge is 0.444 e. The Morgan fingerprint density at radius 1 is 1.12 bits per heavy atom. The predicted octanol–water partition coefficient (Wildman–Crippen LogP) is 4.11. The molecule has 1 N–H and O–H groups in total. The van der Waals surface area contributed by atoms with E-state index in [1.807, 2.05) is 25.7 Å². The molecule has 2 saturated heterocycles. The van der Waals surface area contributed by atoms with Crippen LogP contribution in [0.15, 0.2) is 12.2 Å². The van der Waals surface area contributed by atoms with Crippen LogP contribution < -0.4 is 5.32 Å². The normalized spacial score (nSPS) is 40.6. The SMILES string of the molecule is CC(NC1CC2CCC(C1)N2C(=O)OC(C)(C)C)C1CC2C=CC1C2. The van der Waals surface area contributed by atoms with E-state index >= 15 is 0 Å². The Morgan fingerprint density at radius 2 is 1.80 bits per heavy atom. The van der Waals surface area contributed by atoms with Crippen molar-refractivity contribution in [3.63, 3.8) is 0 Å². The smallest absolute Gasteiger partial charge is 0.410 e. The van der Waals surface area contributed by atoms with E-state index in [4.69, 9.17) is 4.74 Å². The number of fused-ring (bicyclic) bond motifs is 4. The van der Waals surface area contributed by atoms with E-state index in [-0.39, 0.29) is 6.09 Å². The van der Waals surface area contributed by atoms with Crippen LogP contribution in [0.1, 0.15) is 66.2 Å². The molecule has 3 fully saturated rings. The van der Waals surface area contributed by atoms with Gasteiger partial charge in [0.15, 0.2) is 0 Å². The first kappa shape index (κ1) is 17.4. The maximum Gasteiger partial charge on any atom is 0.410 e. The molecule has 1 amide bonds. The van der Waals surface area contributed by atoms with Crippen LogP contribution in [0, 0.1) is 17.8 Å². The summed E-state index contributed by atoms with van der Waals surface area (Å²) in [6, 6.07) is 1.85. The third kappa shape index (κ3) is 3.47. The fourth-order valence-electron chi connectivity index (χ4n) is 5.82. The van der Waals surface area contributed by atoms with E-state index in [9.17, 15) is 4.79 Å². The van der Waals surface area contributed by atoms with Crippen molar-refractivity contribution in [3.8, 4) is 0 Å². The summed E-state index contributed by atoms with van der Waals surface area (Å²) < 4.78 is 5.65. The van der Waals surface area contributed by atoms with Gasteiger partial charge in [0.05, 0.1) is 0 Å². The van der Waals surface area contributed by atoms with E-state index in [2.05, 4.69) is 24.4 Å². The van der Waals surface area contributed by atoms with E-state index in [1.54, 1.807) is 0 Å². The van der Waals surface area contributed by atoms with Crippen LogP contribution in [0.25, 0.3) is 0 Å². The van der Waals surface area contributed by atoms with Crippen LogP contribution in [0.3, 0.4) is 0 Å². The molecule has 2 aliphatic carbocycles. The summed E-state index contributed by atoms with van der Waals surface area (Å²) >= 11 is 0. The van der Waals surface area contributed by atoms with E-state index in [0.29, 0.717) is 24.2 Å². The maximum atomic E-state index is 12.6. The highest BCUT2D eigenvalue weighted by atomic mass is 16.6. The van der Waals surface area contributed by atoms with Gasteiger partial charge in [0.2, 0.25) is 0 Å². The lowest BCUT2D eigenvalue weighted by Gasteiger charge is -2.41. The Kier molecular flexibility index (Phi) is 4.38. The van der Waals surface area contributed by atoms with Crippen LogP contribution in [-0.2, 0) is 4.74 Å². The molecule has 140 valence electrons. The van der Waals surface area contributed by atoms with Crippen LogP contribution >= 0.6 is 0 Å². The van der Waals surface area contributed by atoms with Crippen molar-refractivity contribution in [1.29, 1.82) is 0 Å². The van der Waals surface area contributed by atoms with E-state index in [1.165, 1.54) is 12.8 Å². The van der Waals surface area contributed by atoms with Gasteiger partial charge in [-0.25, -0.2) is 4.79 Å². The molecule has 6 atom stereocenters. The van der Waals surface area contributed by atoms with Crippen LogP contribution in [0.2, 0.25) is 0 Å². The first-order valence-corrected chi connectivity index (χ1v) is 10.3. The number of carbonyl (C=O) groups is 1. The quantitative estimate of drug-likeness (QED) is 0.782. The fourth-order valence-corrected chi connectivity index (χ4v) is 5.82. The van der Waals surface area contributed by atoms with Gasteiger partial charge in [-0.2, -0.15) is 0 Å². The Bertz CT molecular complexity index is 539. The van der Waals surface area contributed by atoms with Crippen molar-refractivity contribution in [2.24, 2.45) is 17.8 Å². The molecule has 2 heterocycles. The van der Waals surface area contributed by atoms with Crippen molar-refractivity contribution in [3.05, 3.63) is 12.2 Å². The van der Waals surface area contributed by atoms with Crippen molar-refractivity contribution < 1.29 is 9.53 Å². The number of ether oxygens (including phenoxy) is 1. The molecule has 6 unspecified atom stereocenters. The van der Waals surface area contributed by atoms with Gasteiger partial charge in [0.1, 0.15) is 5.60 Å². The number of nitrogens with zero attached hydrogens (tertiary/aromatic N) is 1. The van der Waals surface area contributed by atoms with Gasteiger partial charge >= 0.3 is 6.09 Å². The first-order valence-electron chi connectivity index (χ1n) is 10.3. The molecular weight excluding hydrogens is 312 g/mol. The van der Waals surface area contributed by atoms with Gasteiger partial charge in [-0.3, -0.25) is 0 Å². The molecule has 1 saturated carbocycles. The lowest BCUT2D eigenvalue weighted by Crippen LogP contribution is -2.54. The first-order chi connectivity index (χ1) is 11.8. The van der Waals surface area contributed by atoms with Gasteiger partial charge in [-0.05, 0) is 84.0 Å². The van der Waals surface area contributed by atoms with Gasteiger partial charge in [0, 0.05) is 24.2 Å². The number of allylic oxidation sites excluding steroid dienone is 2. The van der Waals surface area contributed by atoms with Crippen LogP contribution in [-0.4, -0.2) is 40.8 Å². The minimum Gasteiger partial charge on any atom is -0.444 e. The lowest BCUT2D eigenvalue weighted by molar-refractivity contribution is 0.00397. The molecule has 0 spiro atoms. The van der Waals surface area contributed by atoms with Crippen molar-refractivity contribution in [2.45, 2.75) is 96.0 Å². The van der Waals surface area contributed by atoms with Gasteiger partial charge < -0.3 is 15.0 Å². The molecule has 25 heavy (non-hydrogen) atoms. The third-order valence-corrected chi connectivity index (χ3v) is 6.81. The number of hydrogen-bond acceptors (Lipinski definition) is 3. The summed E-state index contributed by atoms with van der Waals surface area (Å²) in [6.07, 6.45) is 11.9. The third-order valence-electron chi connectivity index (χ3n) is 6.81. The zero-order chi connectivity index (χ0) is 17.8. The number of piperidine rings is 1. The summed E-state index contributed by atoms with van der Waals surface area (Å²) in [7, 11) is 0. The second-order valence-electron chi connectivity index (χ2n) is 9.84. The highest BCUT2D eigenvalue weighted by Crippen LogP contribution is 2.45. The van der Waals surface area contributed by atoms with Crippen molar-refractivity contribution in [1.82, 2.24) is 10.2 Å². The summed E-state index contributed by atoms with van der Waals surface area (Å²) in [5.74, 6) is 2.44. The molecule has 4 aliphatic rings. The molecule has 2 aliphatic heterocycles. The van der Waals surface area contributed by atoms with Gasteiger partial charge in [-0.15, -0.1) is 0 Å². The predicted molar refractivity (Wildman–Crippen MR) is 99.3 cm³/mol. The summed E-state index contributed by atoms with van der Waals surface area (Å²) in [5, 5.41) is 3.94. The van der Waals surface area contributed by atoms with E-state index in [0.717, 1.165) is 43.4 Å². The molecule has 4 nitrogen and oxygen atoms in total. The Labute approximate surface area is 152 Å². The average molecular weight is 347 g/mol. The minimum atomic E-state index is -0.407. The highest BCUT2D eigenvalue weighted by molar-refractivity contribution is 5.69. The Morgan fingerprint density at radius 3 is 2.32 bits per heavy atom. The monoisotopic (exact) mass is 346 g/mol. The minimum absolute atomic E-state index is 0.107. The standard InChI is InChI=1S/C21H34N2O2/c1-13(19-10-14-5-6-15(19)9-14)22-16-11-17-7-8-18(12-16)23(17)20(24)25-21(2,3)4/h5-6,13-19,22H,7-12H2,1-4H3. The molecule has 0 aromatic heterocycles. The molecule has 0 aromatic rings. The number of carbonyl (C=O) groups excluding carboxylic acids is 1. The number of nitrogens with one attached hydrogen (secondary N) is 1. The Balaban J connectivity index is 1.34. The maximum absolute atomic E-state index is 12.6. The van der Waals surface area contributed by atoms with Crippen molar-refractivity contribution in [2.75, 3.05) is 0 Å². The average Bonchev–Trinajstić information content (AvgIpc) is 3.19. The topological polar surface area (TPSA) is 41.6 Å². The number of amides is 1. The van der Waals surface area contributed by atoms with Gasteiger partial charge in [0.25, 0.3) is 0 Å². The molecular formula is C21H34N2O2. The zero-order valence-corrected chi connectivity index (χ0v) is 16.2. The van der Waals surface area contributed by atoms with Crippen LogP contribution in [0.4, 0.5) is 4.79 Å². The van der Waals surface area contributed by atoms with Gasteiger partial charge in [-0.1, -0.05) is 12.2 Å². The number of hydrogen-bond donors (Lipinski definition) is 1. The summed E-state index contributed by atoms with van der Waals surface area (Å²) in [4.78, 5) is 14.6. The number of rotatable bonds is 3. The second kappa shape index (κ2) is 6.29. The van der Waals surface area contributed by atoms with E-state index < -0.39 is 5.60 Å². The summed E-state index contributed by atoms with van der Waals surface area (Å²) in [6.45, 7) is 8.23. The van der Waals surface area contributed by atoms with Crippen molar-refractivity contribution >= 4 is 6.09 Å². The highest BCUT2D eigenvalue weighted by Gasteiger charge is 2.46. The molecule has 4 bridgehead atoms. The van der Waals surface area contributed by atoms with Crippen LogP contribution in [0.5, 0.6) is 0 Å². The fraction of sp³-hybridized carbons (Fsp3) is 0.857. The molecule has 4 heteroatoms. The summed E-state index contributed by atoms with van der Waals surface area (Å²) in [5.41, 5.74) is -0.407. The Hall–Kier alpha value is -1.03. The molecule has 0 aromatic carbocycles. The second-order valence-corrected chi connectivity index (χ2v) is 9.84. The zero-order valence-electron chi connectivity index (χ0n) is 16.2.